The number of nitrogens with one attached hydrogen (secondary N) is 1. The van der Waals surface area contributed by atoms with E-state index in [0.29, 0.717) is 17.3 Å². The Labute approximate surface area is 129 Å². The molecular weight excluding hydrogens is 310 g/mol. The monoisotopic (exact) mass is 331 g/mol. The van der Waals surface area contributed by atoms with Gasteiger partial charge in [-0.2, -0.15) is 0 Å². The van der Waals surface area contributed by atoms with Crippen molar-refractivity contribution < 1.29 is 17.9 Å². The number of sulfone groups is 1. The Morgan fingerprint density at radius 3 is 2.81 bits per heavy atom. The van der Waals surface area contributed by atoms with Gasteiger partial charge in [0, 0.05) is 25.9 Å². The molecule has 0 unspecified atom stereocenters. The van der Waals surface area contributed by atoms with E-state index in [0.717, 1.165) is 45.2 Å². The minimum absolute atomic E-state index is 0.116. The fourth-order valence-corrected chi connectivity index (χ4v) is 4.54. The maximum atomic E-state index is 11.9. The third-order valence-corrected chi connectivity index (χ3v) is 5.74. The van der Waals surface area contributed by atoms with Crippen LogP contribution in [0.2, 0.25) is 0 Å². The van der Waals surface area contributed by atoms with Gasteiger partial charge in [-0.3, -0.25) is 4.79 Å². The highest BCUT2D eigenvalue weighted by atomic mass is 32.2. The largest absolute Gasteiger partial charge is 0.381 e. The number of hydrogen-bond donors (Lipinski definition) is 1. The van der Waals surface area contributed by atoms with Gasteiger partial charge >= 0.3 is 0 Å². The molecule has 1 fully saturated rings. The van der Waals surface area contributed by atoms with E-state index in [1.165, 1.54) is 17.4 Å². The van der Waals surface area contributed by atoms with E-state index < -0.39 is 9.84 Å². The predicted molar refractivity (Wildman–Crippen MR) is 83.5 cm³/mol. The molecule has 0 bridgehead atoms. The van der Waals surface area contributed by atoms with Crippen molar-refractivity contribution >= 4 is 32.1 Å². The molecule has 0 saturated carbocycles. The van der Waals surface area contributed by atoms with Crippen molar-refractivity contribution in [3.8, 4) is 0 Å². The first kappa shape index (κ1) is 16.5. The molecule has 1 aromatic rings. The summed E-state index contributed by atoms with van der Waals surface area (Å²) in [6, 6.07) is 1.53. The summed E-state index contributed by atoms with van der Waals surface area (Å²) >= 11 is 1.24. The molecule has 118 valence electrons. The van der Waals surface area contributed by atoms with Crippen molar-refractivity contribution in [3.63, 3.8) is 0 Å². The van der Waals surface area contributed by atoms with Gasteiger partial charge in [-0.25, -0.2) is 8.42 Å². The molecule has 1 N–H and O–H groups in total. The summed E-state index contributed by atoms with van der Waals surface area (Å²) in [5, 5.41) is 4.81. The lowest BCUT2D eigenvalue weighted by Gasteiger charge is -2.21. The molecule has 1 aromatic heterocycles. The lowest BCUT2D eigenvalue weighted by Crippen LogP contribution is -2.17. The Kier molecular flexibility index (Phi) is 5.78. The molecule has 1 aliphatic heterocycles. The number of ether oxygens (including phenoxy) is 1. The molecule has 0 aromatic carbocycles. The van der Waals surface area contributed by atoms with Crippen LogP contribution >= 0.6 is 11.3 Å². The van der Waals surface area contributed by atoms with Crippen molar-refractivity contribution in [2.24, 2.45) is 5.92 Å². The normalized spacial score (nSPS) is 16.8. The van der Waals surface area contributed by atoms with Crippen molar-refractivity contribution in [2.75, 3.05) is 24.8 Å². The van der Waals surface area contributed by atoms with Crippen molar-refractivity contribution in [2.45, 2.75) is 37.0 Å². The molecule has 1 saturated heterocycles. The number of carbonyl (C=O) groups excluding carboxylic acids is 1. The second-order valence-electron chi connectivity index (χ2n) is 5.38. The first-order chi connectivity index (χ1) is 9.97. The van der Waals surface area contributed by atoms with E-state index in [4.69, 9.17) is 4.74 Å². The summed E-state index contributed by atoms with van der Waals surface area (Å²) in [6.07, 6.45) is 5.58. The smallest absolute Gasteiger partial charge is 0.225 e. The number of carbonyl (C=O) groups is 1. The van der Waals surface area contributed by atoms with E-state index in [2.05, 4.69) is 5.32 Å². The van der Waals surface area contributed by atoms with Crippen LogP contribution in [0, 0.1) is 5.92 Å². The molecule has 1 aliphatic rings. The van der Waals surface area contributed by atoms with Gasteiger partial charge < -0.3 is 10.1 Å². The van der Waals surface area contributed by atoms with Gasteiger partial charge in [0.25, 0.3) is 0 Å². The highest BCUT2D eigenvalue weighted by Gasteiger charge is 2.17. The molecule has 0 spiro atoms. The Morgan fingerprint density at radius 1 is 1.43 bits per heavy atom. The summed E-state index contributed by atoms with van der Waals surface area (Å²) in [5.41, 5.74) is 0. The van der Waals surface area contributed by atoms with E-state index in [1.807, 2.05) is 0 Å². The molecule has 0 atom stereocenters. The fourth-order valence-electron chi connectivity index (χ4n) is 2.46. The van der Waals surface area contributed by atoms with Crippen LogP contribution in [0.3, 0.4) is 0 Å². The maximum Gasteiger partial charge on any atom is 0.225 e. The van der Waals surface area contributed by atoms with Gasteiger partial charge in [0.15, 0.2) is 9.84 Å². The molecule has 21 heavy (non-hydrogen) atoms. The minimum Gasteiger partial charge on any atom is -0.381 e. The van der Waals surface area contributed by atoms with E-state index >= 15 is 0 Å². The van der Waals surface area contributed by atoms with Crippen LogP contribution in [-0.2, 0) is 19.4 Å². The van der Waals surface area contributed by atoms with Crippen LogP contribution in [0.15, 0.2) is 16.3 Å². The summed E-state index contributed by atoms with van der Waals surface area (Å²) < 4.78 is 28.4. The minimum atomic E-state index is -3.29. The Bertz CT molecular complexity index is 574. The highest BCUT2D eigenvalue weighted by Crippen LogP contribution is 2.28. The summed E-state index contributed by atoms with van der Waals surface area (Å²) in [7, 11) is -3.29. The van der Waals surface area contributed by atoms with Gasteiger partial charge in [0.1, 0.15) is 9.90 Å². The Hall–Kier alpha value is -0.920. The quantitative estimate of drug-likeness (QED) is 0.870. The topological polar surface area (TPSA) is 72.5 Å². The third kappa shape index (κ3) is 5.09. The molecule has 0 aliphatic carbocycles. The second-order valence-corrected chi connectivity index (χ2v) is 8.28. The Balaban J connectivity index is 1.78. The zero-order valence-electron chi connectivity index (χ0n) is 12.1. The lowest BCUT2D eigenvalue weighted by molar-refractivity contribution is -0.116. The van der Waals surface area contributed by atoms with Crippen molar-refractivity contribution in [1.82, 2.24) is 0 Å². The average molecular weight is 331 g/mol. The van der Waals surface area contributed by atoms with Crippen molar-refractivity contribution in [1.29, 1.82) is 0 Å². The van der Waals surface area contributed by atoms with Crippen LogP contribution < -0.4 is 5.32 Å². The van der Waals surface area contributed by atoms with E-state index in [9.17, 15) is 13.2 Å². The van der Waals surface area contributed by atoms with Gasteiger partial charge in [-0.05, 0) is 43.0 Å². The van der Waals surface area contributed by atoms with Gasteiger partial charge in [0.05, 0.1) is 0 Å². The van der Waals surface area contributed by atoms with Gasteiger partial charge in [-0.15, -0.1) is 11.3 Å². The van der Waals surface area contributed by atoms with E-state index in [-0.39, 0.29) is 10.8 Å². The second kappa shape index (κ2) is 7.38. The third-order valence-electron chi connectivity index (χ3n) is 3.64. The average Bonchev–Trinajstić information content (AvgIpc) is 2.88. The Morgan fingerprint density at radius 2 is 2.14 bits per heavy atom. The summed E-state index contributed by atoms with van der Waals surface area (Å²) in [5.74, 6) is 0.536. The molecule has 7 heteroatoms. The lowest BCUT2D eigenvalue weighted by atomic mass is 9.94. The van der Waals surface area contributed by atoms with Crippen LogP contribution in [-0.4, -0.2) is 33.8 Å². The van der Waals surface area contributed by atoms with Crippen molar-refractivity contribution in [3.05, 3.63) is 11.4 Å². The number of hydrogen-bond acceptors (Lipinski definition) is 5. The molecular formula is C14H21NO4S2. The maximum absolute atomic E-state index is 11.9. The SMILES string of the molecule is CS(=O)(=O)c1ccsc1NC(=O)CCCC1CCOCC1. The zero-order chi connectivity index (χ0) is 15.3. The number of rotatable bonds is 6. The van der Waals surface area contributed by atoms with Crippen LogP contribution in [0.25, 0.3) is 0 Å². The first-order valence-electron chi connectivity index (χ1n) is 7.12. The number of amides is 1. The number of thiophene rings is 1. The highest BCUT2D eigenvalue weighted by molar-refractivity contribution is 7.91. The van der Waals surface area contributed by atoms with Gasteiger partial charge in [0.2, 0.25) is 5.91 Å². The van der Waals surface area contributed by atoms with Crippen LogP contribution in [0.1, 0.15) is 32.1 Å². The zero-order valence-corrected chi connectivity index (χ0v) is 13.8. The molecule has 2 heterocycles. The molecule has 5 nitrogen and oxygen atoms in total. The summed E-state index contributed by atoms with van der Waals surface area (Å²) in [4.78, 5) is 12.1. The summed E-state index contributed by atoms with van der Waals surface area (Å²) in [6.45, 7) is 1.65. The fraction of sp³-hybridized carbons (Fsp3) is 0.643. The van der Waals surface area contributed by atoms with Crippen LogP contribution in [0.5, 0.6) is 0 Å². The molecule has 0 radical (unpaired) electrons. The number of anilines is 1. The first-order valence-corrected chi connectivity index (χ1v) is 9.89. The molecule has 2 rings (SSSR count). The molecule has 1 amide bonds. The standard InChI is InChI=1S/C14H21NO4S2/c1-21(17,18)12-7-10-20-14(12)15-13(16)4-2-3-11-5-8-19-9-6-11/h7,10-11H,2-6,8-9H2,1H3,(H,15,16). The van der Waals surface area contributed by atoms with Gasteiger partial charge in [-0.1, -0.05) is 0 Å². The predicted octanol–water partition coefficient (Wildman–Crippen LogP) is 2.69. The van der Waals surface area contributed by atoms with E-state index in [1.54, 1.807) is 5.38 Å². The van der Waals surface area contributed by atoms with Crippen LogP contribution in [0.4, 0.5) is 5.00 Å².